The number of hydrogen-bond donors (Lipinski definition) is 2. The Morgan fingerprint density at radius 1 is 1.23 bits per heavy atom. The van der Waals surface area contributed by atoms with Crippen LogP contribution in [0.3, 0.4) is 0 Å². The van der Waals surface area contributed by atoms with Gasteiger partial charge in [-0.3, -0.25) is 4.79 Å². The van der Waals surface area contributed by atoms with E-state index < -0.39 is 58.1 Å². The molecule has 2 N–H and O–H groups in total. The minimum atomic E-state index is -3.60. The van der Waals surface area contributed by atoms with Crippen LogP contribution < -0.4 is 4.72 Å². The van der Waals surface area contributed by atoms with Crippen LogP contribution in [0.1, 0.15) is 25.3 Å². The standard InChI is InChI=1S/C24H26F4N2O4S/c1-2-35(32,33)29-23-19(27)13-30(24(31)21-7-4-10-34-21)20(23)11-14-5-3-6-16(22(14)28)17-12-15(25)8-9-18(17)26/h3,5-6,8-9,12,19-21,23H,2,4,7,10-11,13H2,1H3,(H-,29,32,33)/p+1/t19-,20-,21+,23-/m0/s1. The molecular formula is C24H27F4N2O4S+. The van der Waals surface area contributed by atoms with Gasteiger partial charge in [0.1, 0.15) is 35.8 Å². The Kier molecular flexibility index (Phi) is 7.60. The van der Waals surface area contributed by atoms with Crippen LogP contribution in [0.25, 0.3) is 11.1 Å². The molecule has 2 saturated heterocycles. The Balaban J connectivity index is 1.70. The van der Waals surface area contributed by atoms with E-state index in [9.17, 15) is 22.3 Å². The molecule has 2 aromatic rings. The number of nitrogens with zero attached hydrogens (tertiary/aromatic N) is 1. The van der Waals surface area contributed by atoms with Crippen molar-refractivity contribution in [2.75, 3.05) is 18.9 Å². The molecule has 2 heterocycles. The van der Waals surface area contributed by atoms with E-state index in [-0.39, 0.29) is 35.4 Å². The first kappa shape index (κ1) is 25.7. The van der Waals surface area contributed by atoms with E-state index in [2.05, 4.69) is 4.72 Å². The van der Waals surface area contributed by atoms with Crippen molar-refractivity contribution >= 4 is 16.3 Å². The van der Waals surface area contributed by atoms with Gasteiger partial charge in [0, 0.05) is 17.7 Å². The van der Waals surface area contributed by atoms with Crippen LogP contribution in [-0.4, -0.2) is 58.6 Å². The zero-order valence-electron chi connectivity index (χ0n) is 19.1. The summed E-state index contributed by atoms with van der Waals surface area (Å²) in [5, 5.41) is 0. The van der Waals surface area contributed by atoms with Crippen LogP contribution in [-0.2, 0) is 30.6 Å². The van der Waals surface area contributed by atoms with E-state index in [1.807, 2.05) is 0 Å². The molecule has 5 atom stereocenters. The second kappa shape index (κ2) is 10.3. The van der Waals surface area contributed by atoms with Crippen molar-refractivity contribution in [3.63, 3.8) is 0 Å². The molecule has 2 aromatic carbocycles. The monoisotopic (exact) mass is 515 g/mol. The van der Waals surface area contributed by atoms with Gasteiger partial charge >= 0.3 is 0 Å². The summed E-state index contributed by atoms with van der Waals surface area (Å²) >= 11 is 0. The molecule has 0 spiro atoms. The van der Waals surface area contributed by atoms with Gasteiger partial charge < -0.3 is 9.64 Å². The lowest BCUT2D eigenvalue weighted by Crippen LogP contribution is -2.53. The first-order valence-corrected chi connectivity index (χ1v) is 13.1. The normalized spacial score (nSPS) is 26.2. The SMILES string of the molecule is CC[S+](=O)(O)N[C@H]1[C@@H](F)CN(C(=O)[C@H]2CCCO2)[C@H]1Cc1cccc(-c2cc(F)ccc2F)c1F. The predicted molar refractivity (Wildman–Crippen MR) is 123 cm³/mol. The average molecular weight is 516 g/mol. The number of ether oxygens (including phenoxy) is 1. The minimum absolute atomic E-state index is 0.0307. The first-order valence-electron chi connectivity index (χ1n) is 11.4. The molecule has 0 aliphatic carbocycles. The topological polar surface area (TPSA) is 78.9 Å². The van der Waals surface area contributed by atoms with Crippen molar-refractivity contribution in [3.8, 4) is 11.1 Å². The molecule has 6 nitrogen and oxygen atoms in total. The molecule has 4 rings (SSSR count). The maximum Gasteiger partial charge on any atom is 0.288 e. The number of carbonyl (C=O) groups is 1. The molecule has 0 aromatic heterocycles. The number of likely N-dealkylation sites (tertiary alicyclic amines) is 1. The highest BCUT2D eigenvalue weighted by Crippen LogP contribution is 2.32. The van der Waals surface area contributed by atoms with Crippen molar-refractivity contribution < 1.29 is 35.9 Å². The summed E-state index contributed by atoms with van der Waals surface area (Å²) < 4.78 is 89.1. The average Bonchev–Trinajstić information content (AvgIpc) is 3.46. The molecule has 1 unspecified atom stereocenters. The Labute approximate surface area is 202 Å². The molecule has 1 amide bonds. The molecule has 0 radical (unpaired) electrons. The van der Waals surface area contributed by atoms with Crippen LogP contribution >= 0.6 is 0 Å². The van der Waals surface area contributed by atoms with Gasteiger partial charge in [0.15, 0.2) is 5.75 Å². The molecule has 35 heavy (non-hydrogen) atoms. The zero-order valence-corrected chi connectivity index (χ0v) is 19.9. The third kappa shape index (κ3) is 5.42. The summed E-state index contributed by atoms with van der Waals surface area (Å²) in [5.74, 6) is -3.05. The van der Waals surface area contributed by atoms with E-state index in [1.54, 1.807) is 0 Å². The summed E-state index contributed by atoms with van der Waals surface area (Å²) in [7, 11) is -3.60. The van der Waals surface area contributed by atoms with Crippen LogP contribution in [0.5, 0.6) is 0 Å². The van der Waals surface area contributed by atoms with Crippen molar-refractivity contribution in [3.05, 3.63) is 59.4 Å². The van der Waals surface area contributed by atoms with Crippen molar-refractivity contribution in [2.45, 2.75) is 50.5 Å². The third-order valence-electron chi connectivity index (χ3n) is 6.50. The van der Waals surface area contributed by atoms with Gasteiger partial charge in [-0.25, -0.2) is 17.6 Å². The van der Waals surface area contributed by atoms with Crippen LogP contribution in [0.4, 0.5) is 17.6 Å². The highest BCUT2D eigenvalue weighted by Gasteiger charge is 2.50. The third-order valence-corrected chi connectivity index (χ3v) is 7.92. The van der Waals surface area contributed by atoms with E-state index in [4.69, 9.17) is 4.74 Å². The lowest BCUT2D eigenvalue weighted by Gasteiger charge is -2.29. The van der Waals surface area contributed by atoms with E-state index >= 15 is 8.78 Å². The van der Waals surface area contributed by atoms with Crippen LogP contribution in [0.15, 0.2) is 36.4 Å². The number of alkyl halides is 1. The van der Waals surface area contributed by atoms with Gasteiger partial charge in [-0.2, -0.15) is 4.55 Å². The van der Waals surface area contributed by atoms with Crippen molar-refractivity contribution in [2.24, 2.45) is 0 Å². The highest BCUT2D eigenvalue weighted by molar-refractivity contribution is 7.95. The second-order valence-corrected chi connectivity index (χ2v) is 10.8. The van der Waals surface area contributed by atoms with Gasteiger partial charge in [-0.1, -0.05) is 18.2 Å². The van der Waals surface area contributed by atoms with Crippen LogP contribution in [0.2, 0.25) is 0 Å². The second-order valence-electron chi connectivity index (χ2n) is 8.76. The fourth-order valence-electron chi connectivity index (χ4n) is 4.64. The molecule has 190 valence electrons. The molecule has 2 aliphatic rings. The lowest BCUT2D eigenvalue weighted by molar-refractivity contribution is -0.142. The Hall–Kier alpha value is -2.34. The summed E-state index contributed by atoms with van der Waals surface area (Å²) in [6.45, 7) is 1.50. The predicted octanol–water partition coefficient (Wildman–Crippen LogP) is 3.91. The van der Waals surface area contributed by atoms with Crippen molar-refractivity contribution in [1.29, 1.82) is 0 Å². The van der Waals surface area contributed by atoms with Gasteiger partial charge in [0.05, 0.1) is 12.6 Å². The number of hydrogen-bond acceptors (Lipinski definition) is 3. The fourth-order valence-corrected chi connectivity index (χ4v) is 5.54. The molecule has 0 saturated carbocycles. The first-order chi connectivity index (χ1) is 16.6. The summed E-state index contributed by atoms with van der Waals surface area (Å²) in [6, 6.07) is 4.60. The van der Waals surface area contributed by atoms with E-state index in [0.717, 1.165) is 18.2 Å². The van der Waals surface area contributed by atoms with Gasteiger partial charge in [-0.15, -0.1) is 4.72 Å². The molecule has 11 heteroatoms. The fraction of sp³-hybridized carbons (Fsp3) is 0.458. The number of carbonyl (C=O) groups excluding carboxylic acids is 1. The Morgan fingerprint density at radius 2 is 2.00 bits per heavy atom. The minimum Gasteiger partial charge on any atom is -0.368 e. The number of halogens is 4. The van der Waals surface area contributed by atoms with Crippen molar-refractivity contribution in [1.82, 2.24) is 9.62 Å². The quantitative estimate of drug-likeness (QED) is 0.433. The summed E-state index contributed by atoms with van der Waals surface area (Å²) in [5.41, 5.74) is -0.427. The zero-order chi connectivity index (χ0) is 25.3. The largest absolute Gasteiger partial charge is 0.368 e. The van der Waals surface area contributed by atoms with Gasteiger partial charge in [0.2, 0.25) is 0 Å². The molecule has 0 bridgehead atoms. The van der Waals surface area contributed by atoms with E-state index in [0.29, 0.717) is 19.4 Å². The number of amides is 1. The molecule has 2 fully saturated rings. The maximum absolute atomic E-state index is 15.5. The molecular weight excluding hydrogens is 488 g/mol. The number of rotatable bonds is 7. The number of nitrogens with one attached hydrogen (secondary N) is 1. The van der Waals surface area contributed by atoms with Gasteiger partial charge in [-0.05, 0) is 54.2 Å². The van der Waals surface area contributed by atoms with Gasteiger partial charge in [0.25, 0.3) is 16.3 Å². The Morgan fingerprint density at radius 3 is 2.69 bits per heavy atom. The maximum atomic E-state index is 15.5. The number of benzene rings is 2. The Bertz CT molecular complexity index is 1140. The summed E-state index contributed by atoms with van der Waals surface area (Å²) in [4.78, 5) is 14.4. The summed E-state index contributed by atoms with van der Waals surface area (Å²) in [6.07, 6.45) is -1.52. The highest BCUT2D eigenvalue weighted by atomic mass is 32.3. The molecule has 2 aliphatic heterocycles. The smallest absolute Gasteiger partial charge is 0.288 e. The van der Waals surface area contributed by atoms with E-state index in [1.165, 1.54) is 30.0 Å². The lowest BCUT2D eigenvalue weighted by atomic mass is 9.95. The van der Waals surface area contributed by atoms with Crippen LogP contribution in [0, 0.1) is 17.5 Å².